The molecule has 0 aliphatic carbocycles. The van der Waals surface area contributed by atoms with Crippen molar-refractivity contribution in [3.63, 3.8) is 0 Å². The fraction of sp³-hybridized carbons (Fsp3) is 0.235. The van der Waals surface area contributed by atoms with Gasteiger partial charge in [0.25, 0.3) is 0 Å². The number of hydrogen-bond donors (Lipinski definition) is 1. The number of sulfonamides is 1. The summed E-state index contributed by atoms with van der Waals surface area (Å²) in [6.07, 6.45) is 0.987. The Morgan fingerprint density at radius 2 is 1.80 bits per heavy atom. The third kappa shape index (κ3) is 4.76. The van der Waals surface area contributed by atoms with E-state index in [1.807, 2.05) is 6.07 Å². The second kappa shape index (κ2) is 7.18. The minimum atomic E-state index is -3.74. The van der Waals surface area contributed by atoms with Gasteiger partial charge in [0.1, 0.15) is 18.2 Å². The van der Waals surface area contributed by atoms with Gasteiger partial charge in [-0.3, -0.25) is 9.10 Å². The van der Waals surface area contributed by atoms with Crippen molar-refractivity contribution in [1.29, 1.82) is 0 Å². The molecule has 0 radical (unpaired) electrons. The SMILES string of the molecule is Cc1ccc(C)c(N(CC(=O)Nc2ccc(F)cc2F)S(C)(=O)=O)c1. The number of nitrogens with one attached hydrogen (secondary N) is 1. The summed E-state index contributed by atoms with van der Waals surface area (Å²) in [4.78, 5) is 12.2. The molecule has 2 aromatic rings. The van der Waals surface area contributed by atoms with Gasteiger partial charge >= 0.3 is 0 Å². The zero-order valence-corrected chi connectivity index (χ0v) is 14.8. The summed E-state index contributed by atoms with van der Waals surface area (Å²) in [5, 5.41) is 2.26. The Balaban J connectivity index is 2.28. The standard InChI is InChI=1S/C17H18F2N2O3S/c1-11-4-5-12(2)16(8-11)21(25(3,23)24)10-17(22)20-15-7-6-13(18)9-14(15)19/h4-9H,10H2,1-3H3,(H,20,22). The number of carbonyl (C=O) groups is 1. The highest BCUT2D eigenvalue weighted by Crippen LogP contribution is 2.24. The van der Waals surface area contributed by atoms with Gasteiger partial charge in [-0.25, -0.2) is 17.2 Å². The Morgan fingerprint density at radius 1 is 1.12 bits per heavy atom. The number of halogens is 2. The van der Waals surface area contributed by atoms with E-state index in [0.717, 1.165) is 28.3 Å². The van der Waals surface area contributed by atoms with Gasteiger partial charge in [-0.15, -0.1) is 0 Å². The average molecular weight is 368 g/mol. The van der Waals surface area contributed by atoms with Gasteiger partial charge in [0.05, 0.1) is 17.6 Å². The Kier molecular flexibility index (Phi) is 5.42. The smallest absolute Gasteiger partial charge is 0.245 e. The van der Waals surface area contributed by atoms with Crippen molar-refractivity contribution in [3.8, 4) is 0 Å². The van der Waals surface area contributed by atoms with Crippen LogP contribution in [-0.4, -0.2) is 27.1 Å². The normalized spacial score (nSPS) is 11.2. The van der Waals surface area contributed by atoms with Crippen LogP contribution in [0.3, 0.4) is 0 Å². The molecule has 0 aliphatic rings. The Hall–Kier alpha value is -2.48. The van der Waals surface area contributed by atoms with Crippen molar-refractivity contribution >= 4 is 27.3 Å². The first-order chi connectivity index (χ1) is 11.6. The van der Waals surface area contributed by atoms with Crippen LogP contribution in [0.1, 0.15) is 11.1 Å². The van der Waals surface area contributed by atoms with Gasteiger partial charge in [0.15, 0.2) is 0 Å². The van der Waals surface area contributed by atoms with Crippen LogP contribution >= 0.6 is 0 Å². The molecule has 1 N–H and O–H groups in total. The Labute approximate surface area is 145 Å². The summed E-state index contributed by atoms with van der Waals surface area (Å²) in [7, 11) is -3.74. The number of hydrogen-bond acceptors (Lipinski definition) is 3. The van der Waals surface area contributed by atoms with Crippen molar-refractivity contribution < 1.29 is 22.0 Å². The molecule has 1 amide bonds. The maximum absolute atomic E-state index is 13.6. The number of amides is 1. The molecular formula is C17H18F2N2O3S. The van der Waals surface area contributed by atoms with Gasteiger partial charge in [0, 0.05) is 6.07 Å². The van der Waals surface area contributed by atoms with Gasteiger partial charge in [-0.2, -0.15) is 0 Å². The number of anilines is 2. The zero-order valence-electron chi connectivity index (χ0n) is 14.0. The van der Waals surface area contributed by atoms with E-state index in [9.17, 15) is 22.0 Å². The molecule has 0 aromatic heterocycles. The van der Waals surface area contributed by atoms with Crippen molar-refractivity contribution in [1.82, 2.24) is 0 Å². The highest BCUT2D eigenvalue weighted by atomic mass is 32.2. The van der Waals surface area contributed by atoms with Gasteiger partial charge in [-0.1, -0.05) is 12.1 Å². The summed E-state index contributed by atoms with van der Waals surface area (Å²) in [5.74, 6) is -2.45. The van der Waals surface area contributed by atoms with Crippen molar-refractivity contribution in [2.45, 2.75) is 13.8 Å². The molecule has 0 unspecified atom stereocenters. The summed E-state index contributed by atoms with van der Waals surface area (Å²) in [6, 6.07) is 7.94. The van der Waals surface area contributed by atoms with E-state index in [-0.39, 0.29) is 5.69 Å². The molecule has 0 saturated carbocycles. The first-order valence-corrected chi connectivity index (χ1v) is 9.22. The van der Waals surface area contributed by atoms with Crippen molar-refractivity contribution in [2.75, 3.05) is 22.4 Å². The number of aryl methyl sites for hydroxylation is 2. The fourth-order valence-electron chi connectivity index (χ4n) is 2.28. The second-order valence-electron chi connectivity index (χ2n) is 5.73. The summed E-state index contributed by atoms with van der Waals surface area (Å²) in [6.45, 7) is 3.00. The molecule has 2 rings (SSSR count). The van der Waals surface area contributed by atoms with E-state index in [0.29, 0.717) is 17.3 Å². The van der Waals surface area contributed by atoms with Crippen molar-refractivity contribution in [2.24, 2.45) is 0 Å². The van der Waals surface area contributed by atoms with E-state index in [1.165, 1.54) is 0 Å². The largest absolute Gasteiger partial charge is 0.322 e. The number of benzene rings is 2. The molecule has 5 nitrogen and oxygen atoms in total. The van der Waals surface area contributed by atoms with Crippen LogP contribution in [0.25, 0.3) is 0 Å². The van der Waals surface area contributed by atoms with Crippen LogP contribution in [0.5, 0.6) is 0 Å². The minimum Gasteiger partial charge on any atom is -0.322 e. The molecule has 0 heterocycles. The maximum atomic E-state index is 13.6. The summed E-state index contributed by atoms with van der Waals surface area (Å²) in [5.41, 5.74) is 1.66. The topological polar surface area (TPSA) is 66.5 Å². The van der Waals surface area contributed by atoms with Crippen LogP contribution < -0.4 is 9.62 Å². The minimum absolute atomic E-state index is 0.221. The summed E-state index contributed by atoms with van der Waals surface area (Å²) >= 11 is 0. The van der Waals surface area contributed by atoms with Gasteiger partial charge in [-0.05, 0) is 43.2 Å². The monoisotopic (exact) mass is 368 g/mol. The maximum Gasteiger partial charge on any atom is 0.245 e. The Bertz CT molecular complexity index is 914. The average Bonchev–Trinajstić information content (AvgIpc) is 2.49. The van der Waals surface area contributed by atoms with E-state index in [1.54, 1.807) is 26.0 Å². The predicted molar refractivity (Wildman–Crippen MR) is 93.1 cm³/mol. The number of rotatable bonds is 5. The quantitative estimate of drug-likeness (QED) is 0.882. The predicted octanol–water partition coefficient (Wildman–Crippen LogP) is 2.99. The molecule has 2 aromatic carbocycles. The lowest BCUT2D eigenvalue weighted by molar-refractivity contribution is -0.114. The highest BCUT2D eigenvalue weighted by molar-refractivity contribution is 7.92. The first kappa shape index (κ1) is 18.9. The number of carbonyl (C=O) groups excluding carboxylic acids is 1. The molecule has 0 spiro atoms. The van der Waals surface area contributed by atoms with Gasteiger partial charge < -0.3 is 5.32 Å². The third-order valence-electron chi connectivity index (χ3n) is 3.53. The lowest BCUT2D eigenvalue weighted by Gasteiger charge is -2.24. The Morgan fingerprint density at radius 3 is 2.40 bits per heavy atom. The zero-order chi connectivity index (χ0) is 18.8. The molecule has 25 heavy (non-hydrogen) atoms. The highest BCUT2D eigenvalue weighted by Gasteiger charge is 2.23. The molecule has 0 bridgehead atoms. The molecule has 134 valence electrons. The fourth-order valence-corrected chi connectivity index (χ4v) is 3.19. The van der Waals surface area contributed by atoms with Crippen LogP contribution in [0.2, 0.25) is 0 Å². The van der Waals surface area contributed by atoms with Gasteiger partial charge in [0.2, 0.25) is 15.9 Å². The van der Waals surface area contributed by atoms with Crippen LogP contribution in [0.4, 0.5) is 20.2 Å². The molecular weight excluding hydrogens is 350 g/mol. The van der Waals surface area contributed by atoms with E-state index in [4.69, 9.17) is 0 Å². The van der Waals surface area contributed by atoms with E-state index in [2.05, 4.69) is 5.32 Å². The van der Waals surface area contributed by atoms with Crippen LogP contribution in [0, 0.1) is 25.5 Å². The summed E-state index contributed by atoms with van der Waals surface area (Å²) < 4.78 is 51.7. The lowest BCUT2D eigenvalue weighted by atomic mass is 10.1. The first-order valence-electron chi connectivity index (χ1n) is 7.38. The molecule has 0 saturated heterocycles. The molecule has 8 heteroatoms. The van der Waals surface area contributed by atoms with E-state index >= 15 is 0 Å². The second-order valence-corrected chi connectivity index (χ2v) is 7.64. The number of nitrogens with zero attached hydrogens (tertiary/aromatic N) is 1. The molecule has 0 atom stereocenters. The lowest BCUT2D eigenvalue weighted by Crippen LogP contribution is -2.38. The van der Waals surface area contributed by atoms with Crippen LogP contribution in [-0.2, 0) is 14.8 Å². The van der Waals surface area contributed by atoms with E-state index < -0.39 is 34.1 Å². The third-order valence-corrected chi connectivity index (χ3v) is 4.65. The van der Waals surface area contributed by atoms with Crippen molar-refractivity contribution in [3.05, 3.63) is 59.2 Å². The molecule has 0 fully saturated rings. The molecule has 0 aliphatic heterocycles. The van der Waals surface area contributed by atoms with Crippen LogP contribution in [0.15, 0.2) is 36.4 Å².